The van der Waals surface area contributed by atoms with E-state index in [1.165, 1.54) is 19.3 Å². The molecule has 5 atom stereocenters. The Labute approximate surface area is 223 Å². The van der Waals surface area contributed by atoms with Crippen LogP contribution in [0.1, 0.15) is 61.3 Å². The standard InChI is InChI=1S/C27H40O11/c1-14(2)8-21(29)36-13-27(33)20(37-25(32)24(31)16(5)6)10-19-18(11-34-17(7)28)12-35-26(23(19)27)38-22(30)9-15(3)4/h10,12,14-16,20,23-24,26,31,33H,8-9,11,13H2,1-7H3. The van der Waals surface area contributed by atoms with Crippen LogP contribution in [0.15, 0.2) is 23.5 Å². The maximum absolute atomic E-state index is 12.7. The van der Waals surface area contributed by atoms with E-state index in [1.807, 2.05) is 27.7 Å². The molecule has 0 amide bonds. The summed E-state index contributed by atoms with van der Waals surface area (Å²) in [5, 5.41) is 22.2. The van der Waals surface area contributed by atoms with Crippen LogP contribution >= 0.6 is 0 Å². The first kappa shape index (κ1) is 31.3. The van der Waals surface area contributed by atoms with Gasteiger partial charge in [0.15, 0.2) is 17.8 Å². The number of aliphatic hydroxyl groups is 2. The third-order valence-corrected chi connectivity index (χ3v) is 6.09. The summed E-state index contributed by atoms with van der Waals surface area (Å²) in [4.78, 5) is 49.0. The Hall–Kier alpha value is -2.92. The van der Waals surface area contributed by atoms with E-state index in [-0.39, 0.29) is 31.3 Å². The van der Waals surface area contributed by atoms with Gasteiger partial charge in [0.2, 0.25) is 0 Å². The lowest BCUT2D eigenvalue weighted by Crippen LogP contribution is -2.56. The van der Waals surface area contributed by atoms with Crippen LogP contribution in [-0.4, -0.2) is 71.4 Å². The first-order valence-electron chi connectivity index (χ1n) is 12.8. The summed E-state index contributed by atoms with van der Waals surface area (Å²) < 4.78 is 27.2. The number of carbonyl (C=O) groups is 4. The number of ether oxygens (including phenoxy) is 5. The molecule has 1 heterocycles. The fourth-order valence-electron chi connectivity index (χ4n) is 4.11. The van der Waals surface area contributed by atoms with Gasteiger partial charge in [-0.25, -0.2) is 4.79 Å². The SMILES string of the molecule is CC(=O)OCC1=COC(OC(=O)CC(C)C)C2C1=CC(OC(=O)C(O)C(C)C)C2(O)COC(=O)CC(C)C. The summed E-state index contributed by atoms with van der Waals surface area (Å²) in [5.74, 6) is -4.39. The van der Waals surface area contributed by atoms with Gasteiger partial charge in [-0.3, -0.25) is 14.4 Å². The molecule has 1 aliphatic carbocycles. The molecular weight excluding hydrogens is 500 g/mol. The second-order valence-electron chi connectivity index (χ2n) is 10.9. The predicted octanol–water partition coefficient (Wildman–Crippen LogP) is 2.18. The molecule has 0 radical (unpaired) electrons. The van der Waals surface area contributed by atoms with Gasteiger partial charge >= 0.3 is 23.9 Å². The van der Waals surface area contributed by atoms with Crippen LogP contribution in [0.5, 0.6) is 0 Å². The molecule has 0 aromatic carbocycles. The van der Waals surface area contributed by atoms with Gasteiger partial charge in [-0.05, 0) is 29.4 Å². The van der Waals surface area contributed by atoms with E-state index in [4.69, 9.17) is 23.7 Å². The summed E-state index contributed by atoms with van der Waals surface area (Å²) in [7, 11) is 0. The van der Waals surface area contributed by atoms with Crippen molar-refractivity contribution in [3.63, 3.8) is 0 Å². The molecule has 214 valence electrons. The van der Waals surface area contributed by atoms with Crippen molar-refractivity contribution in [3.8, 4) is 0 Å². The van der Waals surface area contributed by atoms with Crippen molar-refractivity contribution in [2.45, 2.75) is 85.4 Å². The van der Waals surface area contributed by atoms with Gasteiger partial charge in [-0.1, -0.05) is 41.5 Å². The van der Waals surface area contributed by atoms with Crippen LogP contribution < -0.4 is 0 Å². The number of esters is 4. The molecule has 11 nitrogen and oxygen atoms in total. The fraction of sp³-hybridized carbons (Fsp3) is 0.704. The molecule has 0 fully saturated rings. The number of hydrogen-bond donors (Lipinski definition) is 2. The Morgan fingerprint density at radius 3 is 2.13 bits per heavy atom. The molecule has 0 bridgehead atoms. The number of aliphatic hydroxyl groups excluding tert-OH is 1. The highest BCUT2D eigenvalue weighted by molar-refractivity contribution is 5.75. The van der Waals surface area contributed by atoms with Gasteiger partial charge in [0.05, 0.1) is 12.2 Å². The molecule has 0 aromatic heterocycles. The molecule has 2 rings (SSSR count). The largest absolute Gasteiger partial charge is 0.462 e. The lowest BCUT2D eigenvalue weighted by molar-refractivity contribution is -0.219. The second-order valence-corrected chi connectivity index (χ2v) is 10.9. The molecule has 2 aliphatic rings. The number of hydrogen-bond acceptors (Lipinski definition) is 11. The summed E-state index contributed by atoms with van der Waals surface area (Å²) in [6, 6.07) is 0. The van der Waals surface area contributed by atoms with Crippen molar-refractivity contribution in [2.75, 3.05) is 13.2 Å². The molecule has 0 saturated heterocycles. The van der Waals surface area contributed by atoms with Crippen LogP contribution in [0.3, 0.4) is 0 Å². The third kappa shape index (κ3) is 8.04. The zero-order chi connectivity index (χ0) is 28.8. The molecule has 1 aliphatic heterocycles. The molecule has 5 unspecified atom stereocenters. The van der Waals surface area contributed by atoms with Crippen molar-refractivity contribution in [2.24, 2.45) is 23.7 Å². The van der Waals surface area contributed by atoms with E-state index in [9.17, 15) is 29.4 Å². The minimum Gasteiger partial charge on any atom is -0.462 e. The summed E-state index contributed by atoms with van der Waals surface area (Å²) in [6.45, 7) is 10.9. The average Bonchev–Trinajstić information content (AvgIpc) is 3.08. The van der Waals surface area contributed by atoms with Crippen molar-refractivity contribution in [1.82, 2.24) is 0 Å². The van der Waals surface area contributed by atoms with E-state index in [0.29, 0.717) is 11.1 Å². The monoisotopic (exact) mass is 540 g/mol. The number of rotatable bonds is 12. The maximum atomic E-state index is 12.7. The quantitative estimate of drug-likeness (QED) is 0.276. The van der Waals surface area contributed by atoms with Crippen LogP contribution in [0, 0.1) is 23.7 Å². The molecule has 2 N–H and O–H groups in total. The van der Waals surface area contributed by atoms with Crippen LogP contribution in [0.4, 0.5) is 0 Å². The Kier molecular flexibility index (Phi) is 10.9. The summed E-state index contributed by atoms with van der Waals surface area (Å²) >= 11 is 0. The van der Waals surface area contributed by atoms with E-state index in [1.54, 1.807) is 13.8 Å². The zero-order valence-electron chi connectivity index (χ0n) is 23.1. The third-order valence-electron chi connectivity index (χ3n) is 6.09. The van der Waals surface area contributed by atoms with Gasteiger partial charge in [0.25, 0.3) is 6.29 Å². The van der Waals surface area contributed by atoms with E-state index < -0.39 is 66.4 Å². The Morgan fingerprint density at radius 1 is 0.974 bits per heavy atom. The maximum Gasteiger partial charge on any atom is 0.335 e. The minimum absolute atomic E-state index is 0.00904. The van der Waals surface area contributed by atoms with Crippen molar-refractivity contribution in [3.05, 3.63) is 23.5 Å². The Morgan fingerprint density at radius 2 is 1.58 bits per heavy atom. The Balaban J connectivity index is 2.49. The van der Waals surface area contributed by atoms with Crippen molar-refractivity contribution in [1.29, 1.82) is 0 Å². The normalized spacial score (nSPS) is 25.2. The molecule has 0 spiro atoms. The molecule has 38 heavy (non-hydrogen) atoms. The van der Waals surface area contributed by atoms with Crippen LogP contribution in [0.2, 0.25) is 0 Å². The highest BCUT2D eigenvalue weighted by Crippen LogP contribution is 2.47. The number of carbonyl (C=O) groups excluding carboxylic acids is 4. The van der Waals surface area contributed by atoms with Crippen molar-refractivity contribution >= 4 is 23.9 Å². The number of fused-ring (bicyclic) bond motifs is 1. The summed E-state index contributed by atoms with van der Waals surface area (Å²) in [6.07, 6.45) is -1.43. The highest BCUT2D eigenvalue weighted by Gasteiger charge is 2.59. The molecular formula is C27H40O11. The van der Waals surface area contributed by atoms with Gasteiger partial charge in [0.1, 0.15) is 13.2 Å². The topological polar surface area (TPSA) is 155 Å². The minimum atomic E-state index is -2.13. The zero-order valence-corrected chi connectivity index (χ0v) is 23.1. The van der Waals surface area contributed by atoms with Crippen molar-refractivity contribution < 1.29 is 53.1 Å². The Bertz CT molecular complexity index is 949. The van der Waals surface area contributed by atoms with Crippen LogP contribution in [0.25, 0.3) is 0 Å². The first-order valence-corrected chi connectivity index (χ1v) is 12.8. The molecule has 11 heteroatoms. The van der Waals surface area contributed by atoms with Gasteiger partial charge < -0.3 is 33.9 Å². The predicted molar refractivity (Wildman–Crippen MR) is 133 cm³/mol. The van der Waals surface area contributed by atoms with E-state index in [0.717, 1.165) is 0 Å². The first-order chi connectivity index (χ1) is 17.6. The smallest absolute Gasteiger partial charge is 0.335 e. The summed E-state index contributed by atoms with van der Waals surface area (Å²) in [5.41, 5.74) is -1.47. The average molecular weight is 541 g/mol. The van der Waals surface area contributed by atoms with E-state index >= 15 is 0 Å². The van der Waals surface area contributed by atoms with Gasteiger partial charge in [-0.2, -0.15) is 0 Å². The highest BCUT2D eigenvalue weighted by atomic mass is 16.7. The lowest BCUT2D eigenvalue weighted by atomic mass is 9.82. The molecule has 0 saturated carbocycles. The van der Waals surface area contributed by atoms with Gasteiger partial charge in [0, 0.05) is 25.3 Å². The van der Waals surface area contributed by atoms with E-state index in [2.05, 4.69) is 0 Å². The van der Waals surface area contributed by atoms with Crippen LogP contribution in [-0.2, 0) is 42.9 Å². The lowest BCUT2D eigenvalue weighted by Gasteiger charge is -2.40. The molecule has 0 aromatic rings. The van der Waals surface area contributed by atoms with Gasteiger partial charge in [-0.15, -0.1) is 0 Å². The fourth-order valence-corrected chi connectivity index (χ4v) is 4.11. The second kappa shape index (κ2) is 13.2.